The maximum Gasteiger partial charge on any atom is 0.153 e. The van der Waals surface area contributed by atoms with E-state index < -0.39 is 0 Å². The van der Waals surface area contributed by atoms with Crippen LogP contribution in [0.5, 0.6) is 0 Å². The lowest BCUT2D eigenvalue weighted by Gasteiger charge is -2.38. The molecule has 0 amide bonds. The first-order valence-electron chi connectivity index (χ1n) is 7.31. The van der Waals surface area contributed by atoms with E-state index in [-0.39, 0.29) is 0 Å². The number of pyridine rings is 1. The summed E-state index contributed by atoms with van der Waals surface area (Å²) in [6.45, 7) is 5.82. The Morgan fingerprint density at radius 2 is 2.00 bits per heavy atom. The molecule has 0 aliphatic carbocycles. The van der Waals surface area contributed by atoms with Gasteiger partial charge in [-0.3, -0.25) is 9.88 Å². The summed E-state index contributed by atoms with van der Waals surface area (Å²) in [5.41, 5.74) is 6.99. The van der Waals surface area contributed by atoms with Crippen molar-refractivity contribution in [3.63, 3.8) is 0 Å². The van der Waals surface area contributed by atoms with Crippen LogP contribution in [-0.4, -0.2) is 46.0 Å². The molecule has 7 heteroatoms. The van der Waals surface area contributed by atoms with Gasteiger partial charge in [-0.25, -0.2) is 9.97 Å². The first-order chi connectivity index (χ1) is 10.7. The van der Waals surface area contributed by atoms with Crippen molar-refractivity contribution >= 4 is 23.2 Å². The van der Waals surface area contributed by atoms with Gasteiger partial charge in [0.25, 0.3) is 0 Å². The van der Waals surface area contributed by atoms with Crippen LogP contribution in [0.4, 0.5) is 11.6 Å². The zero-order valence-electron chi connectivity index (χ0n) is 12.5. The van der Waals surface area contributed by atoms with Gasteiger partial charge in [0.15, 0.2) is 5.82 Å². The monoisotopic (exact) mass is 318 g/mol. The van der Waals surface area contributed by atoms with Gasteiger partial charge in [0.1, 0.15) is 17.2 Å². The molecule has 0 unspecified atom stereocenters. The van der Waals surface area contributed by atoms with Gasteiger partial charge in [-0.15, -0.1) is 0 Å². The van der Waals surface area contributed by atoms with Crippen molar-refractivity contribution in [3.05, 3.63) is 41.4 Å². The number of aromatic nitrogens is 3. The number of halogens is 1. The highest BCUT2D eigenvalue weighted by Crippen LogP contribution is 2.29. The fourth-order valence-electron chi connectivity index (χ4n) is 2.75. The van der Waals surface area contributed by atoms with E-state index in [2.05, 4.69) is 37.7 Å². The molecule has 22 heavy (non-hydrogen) atoms. The normalized spacial score (nSPS) is 17.5. The van der Waals surface area contributed by atoms with E-state index in [4.69, 9.17) is 17.3 Å². The van der Waals surface area contributed by atoms with Crippen molar-refractivity contribution in [2.75, 3.05) is 36.8 Å². The smallest absolute Gasteiger partial charge is 0.153 e. The summed E-state index contributed by atoms with van der Waals surface area (Å²) in [5.74, 6) is 1.06. The molecule has 0 bridgehead atoms. The Morgan fingerprint density at radius 3 is 2.68 bits per heavy atom. The fraction of sp³-hybridized carbons (Fsp3) is 0.400. The van der Waals surface area contributed by atoms with Crippen LogP contribution >= 0.6 is 11.6 Å². The van der Waals surface area contributed by atoms with Gasteiger partial charge in [-0.05, 0) is 18.6 Å². The number of hydrogen-bond donors (Lipinski definition) is 1. The number of rotatable bonds is 3. The molecule has 2 aromatic rings. The summed E-state index contributed by atoms with van der Waals surface area (Å²) >= 11 is 6.21. The lowest BCUT2D eigenvalue weighted by molar-refractivity contribution is 0.198. The number of piperazine rings is 1. The van der Waals surface area contributed by atoms with Crippen molar-refractivity contribution in [2.24, 2.45) is 0 Å². The van der Waals surface area contributed by atoms with Crippen LogP contribution < -0.4 is 10.6 Å². The van der Waals surface area contributed by atoms with Crippen LogP contribution in [0.3, 0.4) is 0 Å². The van der Waals surface area contributed by atoms with Gasteiger partial charge < -0.3 is 10.6 Å². The molecule has 0 saturated carbocycles. The van der Waals surface area contributed by atoms with Crippen LogP contribution in [-0.2, 0) is 0 Å². The second-order valence-corrected chi connectivity index (χ2v) is 5.76. The zero-order valence-corrected chi connectivity index (χ0v) is 13.2. The maximum absolute atomic E-state index is 6.21. The molecule has 1 saturated heterocycles. The molecule has 0 aromatic carbocycles. The third-order valence-electron chi connectivity index (χ3n) is 4.13. The Balaban J connectivity index is 1.66. The van der Waals surface area contributed by atoms with Crippen molar-refractivity contribution < 1.29 is 0 Å². The Labute approximate surface area is 134 Å². The van der Waals surface area contributed by atoms with Crippen LogP contribution in [0.15, 0.2) is 30.9 Å². The number of nitrogens with zero attached hydrogens (tertiary/aromatic N) is 5. The highest BCUT2D eigenvalue weighted by molar-refractivity contribution is 6.35. The van der Waals surface area contributed by atoms with E-state index in [0.29, 0.717) is 16.9 Å². The average molecular weight is 319 g/mol. The summed E-state index contributed by atoms with van der Waals surface area (Å²) in [6.07, 6.45) is 5.19. The van der Waals surface area contributed by atoms with Crippen LogP contribution in [0.1, 0.15) is 18.5 Å². The summed E-state index contributed by atoms with van der Waals surface area (Å²) < 4.78 is 0. The number of hydrogen-bond acceptors (Lipinski definition) is 6. The predicted octanol–water partition coefficient (Wildman–Crippen LogP) is 1.99. The lowest BCUT2D eigenvalue weighted by Crippen LogP contribution is -2.47. The van der Waals surface area contributed by atoms with E-state index in [1.165, 1.54) is 11.9 Å². The standard InChI is InChI=1S/C15H19ClN6/c1-11(12-3-2-4-18-9-12)21-5-7-22(8-6-21)15-13(16)14(17)19-10-20-15/h2-4,9-11H,5-8H2,1H3,(H2,17,19,20)/t11-/m0/s1. The van der Waals surface area contributed by atoms with Gasteiger partial charge >= 0.3 is 0 Å². The molecule has 2 aromatic heterocycles. The molecular formula is C15H19ClN6. The van der Waals surface area contributed by atoms with Crippen molar-refractivity contribution in [1.29, 1.82) is 0 Å². The van der Waals surface area contributed by atoms with E-state index in [1.807, 2.05) is 12.3 Å². The number of anilines is 2. The summed E-state index contributed by atoms with van der Waals surface area (Å²) in [5, 5.41) is 0.441. The second kappa shape index (κ2) is 6.46. The van der Waals surface area contributed by atoms with Gasteiger partial charge in [-0.2, -0.15) is 0 Å². The molecule has 3 heterocycles. The van der Waals surface area contributed by atoms with Crippen LogP contribution in [0.25, 0.3) is 0 Å². The predicted molar refractivity (Wildman–Crippen MR) is 87.9 cm³/mol. The van der Waals surface area contributed by atoms with Crippen LogP contribution in [0, 0.1) is 0 Å². The lowest BCUT2D eigenvalue weighted by atomic mass is 10.1. The number of nitrogens with two attached hydrogens (primary N) is 1. The highest BCUT2D eigenvalue weighted by atomic mass is 35.5. The number of nitrogen functional groups attached to an aromatic ring is 1. The third-order valence-corrected chi connectivity index (χ3v) is 4.49. The molecule has 6 nitrogen and oxygen atoms in total. The topological polar surface area (TPSA) is 71.2 Å². The molecule has 1 aliphatic heterocycles. The Hall–Kier alpha value is -1.92. The average Bonchev–Trinajstić information content (AvgIpc) is 2.58. The van der Waals surface area contributed by atoms with Gasteiger partial charge in [0, 0.05) is 44.6 Å². The van der Waals surface area contributed by atoms with E-state index in [9.17, 15) is 0 Å². The maximum atomic E-state index is 6.21. The second-order valence-electron chi connectivity index (χ2n) is 5.38. The van der Waals surface area contributed by atoms with Crippen molar-refractivity contribution in [2.45, 2.75) is 13.0 Å². The van der Waals surface area contributed by atoms with E-state index in [0.717, 1.165) is 32.0 Å². The summed E-state index contributed by atoms with van der Waals surface area (Å²) in [4.78, 5) is 17.0. The quantitative estimate of drug-likeness (QED) is 0.933. The van der Waals surface area contributed by atoms with Crippen molar-refractivity contribution in [3.8, 4) is 0 Å². The molecular weight excluding hydrogens is 300 g/mol. The Kier molecular flexibility index (Phi) is 4.40. The fourth-order valence-corrected chi connectivity index (χ4v) is 2.97. The molecule has 3 rings (SSSR count). The first-order valence-corrected chi connectivity index (χ1v) is 7.69. The SMILES string of the molecule is C[C@@H](c1cccnc1)N1CCN(c2ncnc(N)c2Cl)CC1. The molecule has 1 atom stereocenters. The molecule has 0 radical (unpaired) electrons. The van der Waals surface area contributed by atoms with Gasteiger partial charge in [0.2, 0.25) is 0 Å². The summed E-state index contributed by atoms with van der Waals surface area (Å²) in [7, 11) is 0. The van der Waals surface area contributed by atoms with E-state index >= 15 is 0 Å². The first kappa shape index (κ1) is 15.0. The minimum atomic E-state index is 0.331. The van der Waals surface area contributed by atoms with E-state index in [1.54, 1.807) is 6.20 Å². The summed E-state index contributed by atoms with van der Waals surface area (Å²) in [6, 6.07) is 4.44. The highest BCUT2D eigenvalue weighted by Gasteiger charge is 2.24. The van der Waals surface area contributed by atoms with Gasteiger partial charge in [-0.1, -0.05) is 17.7 Å². The molecule has 2 N–H and O–H groups in total. The zero-order chi connectivity index (χ0) is 15.5. The van der Waals surface area contributed by atoms with Crippen LogP contribution in [0.2, 0.25) is 5.02 Å². The van der Waals surface area contributed by atoms with Gasteiger partial charge in [0.05, 0.1) is 0 Å². The minimum absolute atomic E-state index is 0.331. The van der Waals surface area contributed by atoms with Crippen molar-refractivity contribution in [1.82, 2.24) is 19.9 Å². The Morgan fingerprint density at radius 1 is 1.23 bits per heavy atom. The third kappa shape index (κ3) is 2.98. The largest absolute Gasteiger partial charge is 0.382 e. The Bertz CT molecular complexity index is 627. The molecule has 116 valence electrons. The molecule has 0 spiro atoms. The molecule has 1 fully saturated rings. The molecule has 1 aliphatic rings. The minimum Gasteiger partial charge on any atom is -0.382 e.